The van der Waals surface area contributed by atoms with Crippen molar-refractivity contribution in [3.8, 4) is 17.2 Å². The predicted octanol–water partition coefficient (Wildman–Crippen LogP) is 1.22. The number of urea groups is 1. The van der Waals surface area contributed by atoms with E-state index in [0.717, 1.165) is 0 Å². The fourth-order valence-corrected chi connectivity index (χ4v) is 9.32. The smallest absolute Gasteiger partial charge is 0.407 e. The maximum absolute atomic E-state index is 14.1. The maximum atomic E-state index is 14.1. The molecule has 3 aromatic rings. The van der Waals surface area contributed by atoms with E-state index in [1.54, 1.807) is 27.7 Å². The Labute approximate surface area is 447 Å². The van der Waals surface area contributed by atoms with Crippen LogP contribution in [-0.2, 0) is 55.9 Å². The summed E-state index contributed by atoms with van der Waals surface area (Å²) in [5.74, 6) is -7.27. The Morgan fingerprint density at radius 3 is 2.23 bits per heavy atom. The lowest BCUT2D eigenvalue weighted by Crippen LogP contribution is -2.56. The van der Waals surface area contributed by atoms with E-state index in [4.69, 9.17) is 29.4 Å². The Morgan fingerprint density at radius 1 is 0.897 bits per heavy atom. The lowest BCUT2D eigenvalue weighted by molar-refractivity contribution is -0.249. The number of aliphatic hydroxyl groups is 3. The highest BCUT2D eigenvalue weighted by Crippen LogP contribution is 2.52. The minimum absolute atomic E-state index is 0.0205. The van der Waals surface area contributed by atoms with Gasteiger partial charge in [0.25, 0.3) is 0 Å². The molecule has 422 valence electrons. The third kappa shape index (κ3) is 13.8. The predicted molar refractivity (Wildman–Crippen MR) is 272 cm³/mol. The van der Waals surface area contributed by atoms with E-state index in [9.17, 15) is 68.7 Å². The van der Waals surface area contributed by atoms with Gasteiger partial charge in [-0.3, -0.25) is 33.6 Å². The summed E-state index contributed by atoms with van der Waals surface area (Å²) in [6.07, 6.45) is -7.66. The van der Waals surface area contributed by atoms with Crippen molar-refractivity contribution in [1.29, 1.82) is 0 Å². The number of anilines is 1. The van der Waals surface area contributed by atoms with Gasteiger partial charge in [0, 0.05) is 54.1 Å². The molecule has 1 heterocycles. The molecule has 78 heavy (non-hydrogen) atoms. The van der Waals surface area contributed by atoms with Crippen molar-refractivity contribution < 1.29 is 92.4 Å². The number of aromatic hydroxyl groups is 2. The van der Waals surface area contributed by atoms with Gasteiger partial charge in [-0.2, -0.15) is 0 Å². The highest BCUT2D eigenvalue weighted by Gasteiger charge is 2.50. The standard InChI is InChI=1S/C53H66N6O19/c1-24(2)33(61)22-75-23-37(63)59-43(25(3)4)50(70)57-31(10-8-16-55-51(54)71)49(69)56-28-14-12-27(13-15-28)21-76-52(72)58-32-17-38(77-26(5)44(32)64)78-35-19-53(73,36(62)20-60)18-30-40(35)48(68)42-41(46(30)66)45(65)29-9-7-11-34(74-6)39(29)47(42)67/h7,9,11-15,24-26,31-32,35,38,43-44,60,64,66,68,73H,8,10,16-23H2,1-6H3,(H,56,69)(H,57,70)(H,58,72)(H,59,63)(H3,54,55,71)/t26-,31-,32-,35-,38-,43-,44-,53-/m0/s1. The average Bonchev–Trinajstić information content (AvgIpc) is 3.42. The molecule has 1 saturated heterocycles. The van der Waals surface area contributed by atoms with Gasteiger partial charge in [-0.15, -0.1) is 0 Å². The number of carbonyl (C=O) groups excluding carboxylic acids is 9. The number of hydrogen-bond donors (Lipinski definition) is 11. The zero-order valence-corrected chi connectivity index (χ0v) is 43.8. The molecule has 2 aliphatic carbocycles. The topological polar surface area (TPSA) is 387 Å². The van der Waals surface area contributed by atoms with Gasteiger partial charge in [0.2, 0.25) is 23.5 Å². The summed E-state index contributed by atoms with van der Waals surface area (Å²) in [4.78, 5) is 117. The van der Waals surface area contributed by atoms with Crippen LogP contribution in [0.25, 0.3) is 0 Å². The van der Waals surface area contributed by atoms with E-state index < -0.39 is 150 Å². The average molecular weight is 1090 g/mol. The van der Waals surface area contributed by atoms with E-state index in [-0.39, 0.29) is 84.4 Å². The first-order chi connectivity index (χ1) is 36.9. The molecular formula is C53H66N6O19. The summed E-state index contributed by atoms with van der Waals surface area (Å²) in [6, 6.07) is 6.17. The third-order valence-corrected chi connectivity index (χ3v) is 13.6. The SMILES string of the molecule is COc1cccc2c1C(=O)c1c(O)c3c(c(O)c1C2=O)C[C@@](O)(C(=O)CO)C[C@@H]3O[C@H]1C[C@H](NC(=O)OCc2ccc(NC(=O)[C@H](CCCNC(N)=O)NC(=O)[C@@H](NC(=O)COCC(=O)C(C)C)C(C)C)cc2)[C@@H](O)[C@H](C)O1. The minimum atomic E-state index is -2.42. The molecule has 0 radical (unpaired) electrons. The molecule has 6 amide bonds. The number of carbonyl (C=O) groups is 9. The fraction of sp³-hybridized carbons (Fsp3) is 0.491. The molecule has 0 unspecified atom stereocenters. The Morgan fingerprint density at radius 2 is 1.59 bits per heavy atom. The van der Waals surface area contributed by atoms with Gasteiger partial charge in [0.15, 0.2) is 23.6 Å². The quantitative estimate of drug-likeness (QED) is 0.0367. The zero-order valence-electron chi connectivity index (χ0n) is 43.8. The molecule has 3 aromatic carbocycles. The number of nitrogens with one attached hydrogen (secondary N) is 5. The molecule has 0 saturated carbocycles. The number of rotatable bonds is 23. The number of phenolic OH excluding ortho intramolecular Hbond substituents is 2. The van der Waals surface area contributed by atoms with Crippen LogP contribution in [0.5, 0.6) is 17.2 Å². The molecule has 3 aliphatic rings. The summed E-state index contributed by atoms with van der Waals surface area (Å²) in [5.41, 5.74) is 1.48. The number of nitrogens with two attached hydrogens (primary N) is 1. The summed E-state index contributed by atoms with van der Waals surface area (Å²) in [7, 11) is 1.28. The first kappa shape index (κ1) is 59.7. The van der Waals surface area contributed by atoms with Crippen LogP contribution in [0, 0.1) is 11.8 Å². The third-order valence-electron chi connectivity index (χ3n) is 13.6. The molecule has 0 aromatic heterocycles. The molecule has 25 heteroatoms. The summed E-state index contributed by atoms with van der Waals surface area (Å²) in [6.45, 7) is 6.12. The first-order valence-corrected chi connectivity index (χ1v) is 25.2. The second kappa shape index (κ2) is 25.7. The Hall–Kier alpha value is -7.55. The van der Waals surface area contributed by atoms with Crippen molar-refractivity contribution in [1.82, 2.24) is 21.3 Å². The second-order valence-electron chi connectivity index (χ2n) is 19.9. The van der Waals surface area contributed by atoms with E-state index >= 15 is 0 Å². The van der Waals surface area contributed by atoms with Gasteiger partial charge < -0.3 is 81.5 Å². The van der Waals surface area contributed by atoms with E-state index in [1.807, 2.05) is 0 Å². The number of primary amides is 1. The summed E-state index contributed by atoms with van der Waals surface area (Å²) < 4.78 is 28.2. The monoisotopic (exact) mass is 1090 g/mol. The Bertz CT molecular complexity index is 2800. The number of aliphatic hydroxyl groups excluding tert-OH is 2. The number of alkyl carbamates (subject to hydrolysis) is 1. The van der Waals surface area contributed by atoms with Crippen molar-refractivity contribution in [3.05, 3.63) is 81.4 Å². The Balaban J connectivity index is 1.10. The normalized spacial score (nSPS) is 21.2. The number of phenols is 2. The van der Waals surface area contributed by atoms with Gasteiger partial charge in [-0.1, -0.05) is 52.0 Å². The Kier molecular flexibility index (Phi) is 19.7. The van der Waals surface area contributed by atoms with Gasteiger partial charge in [-0.25, -0.2) is 9.59 Å². The first-order valence-electron chi connectivity index (χ1n) is 25.2. The fourth-order valence-electron chi connectivity index (χ4n) is 9.32. The molecular weight excluding hydrogens is 1020 g/mol. The largest absolute Gasteiger partial charge is 0.507 e. The number of fused-ring (bicyclic) bond motifs is 3. The van der Waals surface area contributed by atoms with Gasteiger partial charge in [0.05, 0.1) is 42.0 Å². The molecule has 12 N–H and O–H groups in total. The van der Waals surface area contributed by atoms with Crippen LogP contribution in [0.1, 0.15) is 115 Å². The minimum Gasteiger partial charge on any atom is -0.507 e. The van der Waals surface area contributed by atoms with E-state index in [2.05, 4.69) is 26.6 Å². The highest BCUT2D eigenvalue weighted by atomic mass is 16.7. The van der Waals surface area contributed by atoms with Crippen LogP contribution in [0.2, 0.25) is 0 Å². The number of Topliss-reactive ketones (excluding diaryl/α,β-unsaturated/α-hetero) is 2. The number of benzene rings is 3. The molecule has 0 bridgehead atoms. The van der Waals surface area contributed by atoms with Crippen molar-refractivity contribution in [3.63, 3.8) is 0 Å². The number of hydrogen-bond acceptors (Lipinski definition) is 19. The molecule has 8 atom stereocenters. The van der Waals surface area contributed by atoms with Crippen molar-refractivity contribution in [2.75, 3.05) is 38.8 Å². The van der Waals surface area contributed by atoms with Crippen LogP contribution in [0.15, 0.2) is 42.5 Å². The maximum Gasteiger partial charge on any atom is 0.407 e. The van der Waals surface area contributed by atoms with Crippen LogP contribution < -0.4 is 37.1 Å². The van der Waals surface area contributed by atoms with E-state index in [1.165, 1.54) is 56.5 Å². The van der Waals surface area contributed by atoms with Gasteiger partial charge >= 0.3 is 12.1 Å². The number of methoxy groups -OCH3 is 1. The van der Waals surface area contributed by atoms with Gasteiger partial charge in [-0.05, 0) is 49.4 Å². The summed E-state index contributed by atoms with van der Waals surface area (Å²) >= 11 is 0. The van der Waals surface area contributed by atoms with Crippen molar-refractivity contribution in [2.45, 2.75) is 122 Å². The highest BCUT2D eigenvalue weighted by molar-refractivity contribution is 6.31. The van der Waals surface area contributed by atoms with Crippen molar-refractivity contribution in [2.24, 2.45) is 17.6 Å². The molecule has 25 nitrogen and oxygen atoms in total. The molecule has 0 spiro atoms. The van der Waals surface area contributed by atoms with Crippen molar-refractivity contribution >= 4 is 58.7 Å². The molecule has 1 aliphatic heterocycles. The van der Waals surface area contributed by atoms with Crippen LogP contribution in [0.3, 0.4) is 0 Å². The number of ether oxygens (including phenoxy) is 5. The summed E-state index contributed by atoms with van der Waals surface area (Å²) in [5, 5.41) is 69.1. The number of ketones is 4. The van der Waals surface area contributed by atoms with Crippen LogP contribution >= 0.6 is 0 Å². The van der Waals surface area contributed by atoms with E-state index in [0.29, 0.717) is 5.56 Å². The molecule has 6 rings (SSSR count). The zero-order chi connectivity index (χ0) is 57.3. The van der Waals surface area contributed by atoms with Crippen LogP contribution in [-0.4, -0.2) is 154 Å². The van der Waals surface area contributed by atoms with Gasteiger partial charge in [0.1, 0.15) is 67.5 Å². The lowest BCUT2D eigenvalue weighted by Gasteiger charge is -2.42. The second-order valence-corrected chi connectivity index (χ2v) is 19.9. The lowest BCUT2D eigenvalue weighted by atomic mass is 9.72. The number of amides is 6. The van der Waals surface area contributed by atoms with Crippen LogP contribution in [0.4, 0.5) is 15.3 Å². The molecule has 1 fully saturated rings.